The molecule has 668 valence electrons. The van der Waals surface area contributed by atoms with Crippen LogP contribution in [0.2, 0.25) is 0 Å². The number of hydrogen-bond donors (Lipinski definition) is 4. The van der Waals surface area contributed by atoms with Crippen LogP contribution in [0.4, 0.5) is 22.0 Å². The molecular weight excluding hydrogens is 1490 g/mol. The monoisotopic (exact) mass is 1660 g/mol. The van der Waals surface area contributed by atoms with E-state index in [0.29, 0.717) is 73.0 Å². The lowest BCUT2D eigenvalue weighted by molar-refractivity contribution is -0.0565. The highest BCUT2D eigenvalue weighted by atomic mass is 32.2. The fourth-order valence-corrected chi connectivity index (χ4v) is 17.0. The van der Waals surface area contributed by atoms with Crippen LogP contribution in [0, 0.1) is 11.8 Å². The molecule has 8 fully saturated rings. The Morgan fingerprint density at radius 2 is 1.07 bits per heavy atom. The van der Waals surface area contributed by atoms with Gasteiger partial charge in [0.05, 0.1) is 102 Å². The van der Waals surface area contributed by atoms with E-state index in [4.69, 9.17) is 63.6 Å². The number of aliphatic hydroxyl groups is 2. The van der Waals surface area contributed by atoms with E-state index < -0.39 is 30.2 Å². The van der Waals surface area contributed by atoms with Gasteiger partial charge in [-0.2, -0.15) is 11.8 Å². The molecular formula is C91H169F5N2O13S2. The Morgan fingerprint density at radius 3 is 1.29 bits per heavy atom. The van der Waals surface area contributed by atoms with Crippen LogP contribution in [0.1, 0.15) is 315 Å². The summed E-state index contributed by atoms with van der Waals surface area (Å²) >= 11 is 3.87. The van der Waals surface area contributed by atoms with Crippen molar-refractivity contribution in [3.05, 3.63) is 60.0 Å². The highest BCUT2D eigenvalue weighted by Gasteiger charge is 2.55. The first-order valence-corrected chi connectivity index (χ1v) is 46.3. The minimum atomic E-state index is -0.757. The second kappa shape index (κ2) is 60.0. The summed E-state index contributed by atoms with van der Waals surface area (Å²) in [7, 11) is 0. The van der Waals surface area contributed by atoms with Gasteiger partial charge in [0, 0.05) is 53.9 Å². The highest BCUT2D eigenvalue weighted by Crippen LogP contribution is 2.41. The van der Waals surface area contributed by atoms with Gasteiger partial charge in [-0.3, -0.25) is 0 Å². The summed E-state index contributed by atoms with van der Waals surface area (Å²) in [5.74, 6) is 1.57. The zero-order valence-corrected chi connectivity index (χ0v) is 77.4. The molecule has 0 amide bonds. The number of ether oxygens (including phenoxy) is 11. The number of rotatable bonds is 15. The lowest BCUT2D eigenvalue weighted by Gasteiger charge is -2.21. The van der Waals surface area contributed by atoms with Crippen LogP contribution in [-0.4, -0.2) is 203 Å². The predicted octanol–water partition coefficient (Wildman–Crippen LogP) is 22.2. The Kier molecular flexibility index (Phi) is 58.2. The van der Waals surface area contributed by atoms with E-state index in [2.05, 4.69) is 126 Å². The van der Waals surface area contributed by atoms with Gasteiger partial charge in [-0.1, -0.05) is 128 Å². The van der Waals surface area contributed by atoms with Crippen LogP contribution >= 0.6 is 23.5 Å². The molecule has 1 aliphatic carbocycles. The van der Waals surface area contributed by atoms with Crippen molar-refractivity contribution in [3.63, 3.8) is 0 Å². The second-order valence-electron chi connectivity index (χ2n) is 32.8. The summed E-state index contributed by atoms with van der Waals surface area (Å²) in [5.41, 5.74) is 10.9. The second-order valence-corrected chi connectivity index (χ2v) is 36.2. The first-order chi connectivity index (χ1) is 53.4. The van der Waals surface area contributed by atoms with Gasteiger partial charge in [0.1, 0.15) is 66.4 Å². The van der Waals surface area contributed by atoms with Crippen molar-refractivity contribution in [2.75, 3.05) is 13.2 Å². The minimum absolute atomic E-state index is 0.0139. The molecule has 22 heteroatoms. The van der Waals surface area contributed by atoms with Gasteiger partial charge in [0.15, 0.2) is 0 Å². The zero-order chi connectivity index (χ0) is 85.8. The first kappa shape index (κ1) is 109. The number of hydrogen-bond acceptors (Lipinski definition) is 17. The maximum atomic E-state index is 12.7. The molecule has 0 saturated carbocycles. The SMILES string of the molecule is CCC1C=C(F)C(C)O1.CCC1C=C(F)C(C)S1.CCC1C=CC(C)C1.CCC1C=CC(C)O1.CCC1CC(F)C(C)O1.CCC1CC(N)C(C)O1.CCC1CCC(C)S1.CCC1OC(C)(C)C(O)C1O.CCC1OC(C)C2OC12.CCC1OC(C)C=C1F.CCC1OC(C)CC1F.CCC1OC(C)CC1N.CCCOCC. The van der Waals surface area contributed by atoms with Crippen molar-refractivity contribution >= 4 is 23.5 Å². The van der Waals surface area contributed by atoms with Crippen molar-refractivity contribution in [2.45, 2.75) is 495 Å². The standard InChI is InChI=1S/C8H16O3.C8H14.C7H13FO.C7H11FO.C7H13FO.C7H11FO.C7H11FS.2C7H15NO.C7H12O2.C7H12O.C7H14S.C5H12O/c1-4-5-6(9)7(10)8(2,3)11-5;1-3-8-5-4-7(2)6-8;2*1-3-6-4-7(8)5(2)9-6;2*1-3-7-6(8)4-5(2)9-7;2*1-3-6-4-7(8)5(2)9-6;1-3-7-6(8)4-5(2)9-7;1-3-5-7-6(9-7)4(2)8-5;2*1-3-7-5-4-6(2)8-7;1-3-5-6-4-2/h5-7,9-10H,4H2,1-3H3;4-5,7-8H,3,6H2,1-2H3;5-7H,3-4H2,1-2H3;4-6H,3H2,1-2H3;5-7H,3-4H2,1-2H3;4-5,7H,3H2,1-2H3;4-6H,3H2,1-2H3;2*5-7H,3-4,8H2,1-2H3;4-7H,3H2,1-2H3;4-7H,3H2,1-2H3;6-7H,3-5H2,1-2H3;3-5H2,1-2H3. The van der Waals surface area contributed by atoms with Gasteiger partial charge in [0.2, 0.25) is 0 Å². The number of halogens is 5. The number of aliphatic hydroxyl groups excluding tert-OH is 2. The Bertz CT molecular complexity index is 2420. The molecule has 31 unspecified atom stereocenters. The molecule has 15 nitrogen and oxygen atoms in total. The summed E-state index contributed by atoms with van der Waals surface area (Å²) in [4.78, 5) is 0. The minimum Gasteiger partial charge on any atom is -0.388 e. The fourth-order valence-electron chi connectivity index (χ4n) is 14.5. The van der Waals surface area contributed by atoms with Gasteiger partial charge >= 0.3 is 0 Å². The average Bonchev–Trinajstić information content (AvgIpc) is 1.61. The molecule has 12 aliphatic heterocycles. The van der Waals surface area contributed by atoms with Crippen LogP contribution in [0.3, 0.4) is 0 Å². The molecule has 12 heterocycles. The molecule has 0 radical (unpaired) electrons. The maximum Gasteiger partial charge on any atom is 0.129 e. The van der Waals surface area contributed by atoms with Gasteiger partial charge < -0.3 is 73.8 Å². The number of nitrogens with two attached hydrogens (primary N) is 2. The molecule has 13 rings (SSSR count). The van der Waals surface area contributed by atoms with Crippen LogP contribution in [0.25, 0.3) is 0 Å². The summed E-state index contributed by atoms with van der Waals surface area (Å²) in [6, 6.07) is 0.556. The quantitative estimate of drug-likeness (QED) is 0.0522. The molecule has 113 heavy (non-hydrogen) atoms. The number of fused-ring (bicyclic) bond motifs is 1. The van der Waals surface area contributed by atoms with Gasteiger partial charge in [-0.15, -0.1) is 11.8 Å². The van der Waals surface area contributed by atoms with E-state index in [1.54, 1.807) is 51.6 Å². The van der Waals surface area contributed by atoms with E-state index >= 15 is 0 Å². The maximum absolute atomic E-state index is 12.7. The van der Waals surface area contributed by atoms with Crippen molar-refractivity contribution in [1.29, 1.82) is 0 Å². The molecule has 0 spiro atoms. The van der Waals surface area contributed by atoms with Gasteiger partial charge in [0.25, 0.3) is 0 Å². The van der Waals surface area contributed by atoms with E-state index in [0.717, 1.165) is 119 Å². The summed E-state index contributed by atoms with van der Waals surface area (Å²) in [6.45, 7) is 56.5. The van der Waals surface area contributed by atoms with Crippen LogP contribution in [0.15, 0.2) is 60.0 Å². The molecule has 13 aliphatic rings. The smallest absolute Gasteiger partial charge is 0.129 e. The third kappa shape index (κ3) is 43.2. The fraction of sp³-hybridized carbons (Fsp3) is 0.890. The van der Waals surface area contributed by atoms with Crippen LogP contribution in [0.5, 0.6) is 0 Å². The summed E-state index contributed by atoms with van der Waals surface area (Å²) in [6.07, 6.45) is 34.6. The predicted molar refractivity (Wildman–Crippen MR) is 463 cm³/mol. The topological polar surface area (TPSA) is 197 Å². The summed E-state index contributed by atoms with van der Waals surface area (Å²) in [5, 5.41) is 21.3. The van der Waals surface area contributed by atoms with Crippen LogP contribution < -0.4 is 11.5 Å². The lowest BCUT2D eigenvalue weighted by atomic mass is 9.98. The van der Waals surface area contributed by atoms with Crippen molar-refractivity contribution in [1.82, 2.24) is 0 Å². The van der Waals surface area contributed by atoms with E-state index in [1.165, 1.54) is 38.2 Å². The molecule has 6 N–H and O–H groups in total. The lowest BCUT2D eigenvalue weighted by Crippen LogP contribution is -2.37. The summed E-state index contributed by atoms with van der Waals surface area (Å²) < 4.78 is 121. The normalized spacial score (nSPS) is 39.1. The molecule has 0 aromatic carbocycles. The zero-order valence-electron chi connectivity index (χ0n) is 75.7. The van der Waals surface area contributed by atoms with Gasteiger partial charge in [-0.25, -0.2) is 22.0 Å². The largest absolute Gasteiger partial charge is 0.388 e. The van der Waals surface area contributed by atoms with Crippen LogP contribution in [-0.2, 0) is 52.1 Å². The number of alkyl halides is 2. The first-order valence-electron chi connectivity index (χ1n) is 44.5. The molecule has 8 saturated heterocycles. The van der Waals surface area contributed by atoms with E-state index in [-0.39, 0.29) is 95.9 Å². The van der Waals surface area contributed by atoms with E-state index in [9.17, 15) is 32.2 Å². The highest BCUT2D eigenvalue weighted by molar-refractivity contribution is 8.01. The van der Waals surface area contributed by atoms with Crippen molar-refractivity contribution < 1.29 is 84.3 Å². The number of allylic oxidation sites excluding steroid dienone is 2. The molecule has 0 bridgehead atoms. The number of epoxide rings is 1. The number of thioether (sulfide) groups is 2. The average molecular weight is 1660 g/mol. The molecule has 0 aromatic heterocycles. The Morgan fingerprint density at radius 1 is 0.469 bits per heavy atom. The van der Waals surface area contributed by atoms with E-state index in [1.807, 2.05) is 69.2 Å². The van der Waals surface area contributed by atoms with Crippen molar-refractivity contribution in [2.24, 2.45) is 23.3 Å². The Balaban J connectivity index is 0.000000613. The molecule has 31 atom stereocenters. The third-order valence-corrected chi connectivity index (χ3v) is 25.2. The Hall–Kier alpha value is -1.55. The Labute approximate surface area is 695 Å². The van der Waals surface area contributed by atoms with Crippen molar-refractivity contribution in [3.8, 4) is 0 Å². The molecule has 0 aromatic rings. The third-order valence-electron chi connectivity index (χ3n) is 22.1. The van der Waals surface area contributed by atoms with Gasteiger partial charge in [-0.05, 0) is 229 Å².